The van der Waals surface area contributed by atoms with Crippen molar-refractivity contribution in [1.29, 1.82) is 0 Å². The van der Waals surface area contributed by atoms with E-state index in [9.17, 15) is 0 Å². The summed E-state index contributed by atoms with van der Waals surface area (Å²) in [6, 6.07) is 2.63. The van der Waals surface area contributed by atoms with Gasteiger partial charge in [0.25, 0.3) is 0 Å². The first kappa shape index (κ1) is 23.6. The van der Waals surface area contributed by atoms with Crippen molar-refractivity contribution in [2.24, 2.45) is 12.0 Å². The Morgan fingerprint density at radius 2 is 1.93 bits per heavy atom. The highest BCUT2D eigenvalue weighted by Crippen LogP contribution is 2.17. The van der Waals surface area contributed by atoms with Crippen LogP contribution in [-0.2, 0) is 20.1 Å². The van der Waals surface area contributed by atoms with Crippen molar-refractivity contribution in [3.63, 3.8) is 0 Å². The van der Waals surface area contributed by atoms with Crippen LogP contribution in [0.4, 0.5) is 0 Å². The molecule has 0 amide bonds. The zero-order valence-electron chi connectivity index (χ0n) is 18.1. The fourth-order valence-electron chi connectivity index (χ4n) is 3.67. The number of guanidine groups is 1. The second-order valence-corrected chi connectivity index (χ2v) is 7.80. The van der Waals surface area contributed by atoms with Crippen molar-refractivity contribution in [3.05, 3.63) is 29.1 Å². The van der Waals surface area contributed by atoms with Gasteiger partial charge in [-0.1, -0.05) is 19.3 Å². The summed E-state index contributed by atoms with van der Waals surface area (Å²) >= 11 is 0. The number of nitrogens with zero attached hydrogens (tertiary/aromatic N) is 6. The summed E-state index contributed by atoms with van der Waals surface area (Å²) in [7, 11) is 1.98. The van der Waals surface area contributed by atoms with E-state index < -0.39 is 0 Å². The molecule has 2 aromatic rings. The highest BCUT2D eigenvalue weighted by atomic mass is 127. The Bertz CT molecular complexity index is 789. The molecule has 2 aromatic heterocycles. The Kier molecular flexibility index (Phi) is 9.38. The van der Waals surface area contributed by atoms with Gasteiger partial charge in [0.2, 0.25) is 0 Å². The first-order chi connectivity index (χ1) is 13.5. The smallest absolute Gasteiger partial charge is 0.191 e. The lowest BCUT2D eigenvalue weighted by atomic mass is 9.96. The van der Waals surface area contributed by atoms with E-state index in [1.54, 1.807) is 0 Å². The Labute approximate surface area is 191 Å². The van der Waals surface area contributed by atoms with E-state index in [0.717, 1.165) is 42.8 Å². The van der Waals surface area contributed by atoms with Gasteiger partial charge in [0, 0.05) is 31.9 Å². The molecule has 2 heterocycles. The Hall–Kier alpha value is -1.65. The minimum atomic E-state index is 0. The maximum absolute atomic E-state index is 4.78. The zero-order valence-corrected chi connectivity index (χ0v) is 20.4. The minimum absolute atomic E-state index is 0. The molecule has 0 aliphatic heterocycles. The van der Waals surface area contributed by atoms with E-state index in [0.29, 0.717) is 12.6 Å². The Morgan fingerprint density at radius 3 is 2.55 bits per heavy atom. The fourth-order valence-corrected chi connectivity index (χ4v) is 3.67. The van der Waals surface area contributed by atoms with Crippen molar-refractivity contribution < 1.29 is 0 Å². The van der Waals surface area contributed by atoms with Gasteiger partial charge in [0.05, 0.1) is 5.69 Å². The standard InChI is InChI=1S/C20H34N8.HI/c1-15-13-16(2)28(26-15)12-8-11-21-20(23-18-9-6-5-7-10-18)22-14-19-25-24-17(3)27(19)4;/h13,18H,5-12,14H2,1-4H3,(H2,21,22,23);1H. The summed E-state index contributed by atoms with van der Waals surface area (Å²) in [4.78, 5) is 4.78. The minimum Gasteiger partial charge on any atom is -0.356 e. The molecule has 0 unspecified atom stereocenters. The molecule has 2 N–H and O–H groups in total. The first-order valence-electron chi connectivity index (χ1n) is 10.4. The number of rotatable bonds is 7. The van der Waals surface area contributed by atoms with Crippen LogP contribution in [0.5, 0.6) is 0 Å². The van der Waals surface area contributed by atoms with E-state index in [1.165, 1.54) is 37.8 Å². The molecular weight excluding hydrogens is 479 g/mol. The average Bonchev–Trinajstić information content (AvgIpc) is 3.18. The van der Waals surface area contributed by atoms with Crippen LogP contribution in [0.3, 0.4) is 0 Å². The average molecular weight is 514 g/mol. The molecule has 0 saturated heterocycles. The Balaban J connectivity index is 0.00000300. The lowest BCUT2D eigenvalue weighted by molar-refractivity contribution is 0.409. The number of aliphatic imine (C=N–C) groups is 1. The third kappa shape index (κ3) is 6.97. The van der Waals surface area contributed by atoms with Crippen LogP contribution in [0.2, 0.25) is 0 Å². The third-order valence-corrected chi connectivity index (χ3v) is 5.45. The van der Waals surface area contributed by atoms with Gasteiger partial charge in [0.15, 0.2) is 11.8 Å². The number of hydrogen-bond donors (Lipinski definition) is 2. The van der Waals surface area contributed by atoms with Gasteiger partial charge in [-0.3, -0.25) is 4.68 Å². The van der Waals surface area contributed by atoms with Gasteiger partial charge >= 0.3 is 0 Å². The van der Waals surface area contributed by atoms with E-state index in [1.807, 2.05) is 25.5 Å². The van der Waals surface area contributed by atoms with Gasteiger partial charge < -0.3 is 15.2 Å². The monoisotopic (exact) mass is 514 g/mol. The predicted molar refractivity (Wildman–Crippen MR) is 127 cm³/mol. The Morgan fingerprint density at radius 1 is 1.17 bits per heavy atom. The topological polar surface area (TPSA) is 85.0 Å². The normalized spacial score (nSPS) is 15.2. The second-order valence-electron chi connectivity index (χ2n) is 7.80. The van der Waals surface area contributed by atoms with Crippen LogP contribution in [0.25, 0.3) is 0 Å². The summed E-state index contributed by atoms with van der Waals surface area (Å²) < 4.78 is 4.06. The van der Waals surface area contributed by atoms with Crippen molar-refractivity contribution >= 4 is 29.9 Å². The molecule has 1 aliphatic rings. The van der Waals surface area contributed by atoms with Gasteiger partial charge in [-0.25, -0.2) is 4.99 Å². The van der Waals surface area contributed by atoms with Crippen LogP contribution in [0.1, 0.15) is 61.6 Å². The molecule has 0 radical (unpaired) electrons. The van der Waals surface area contributed by atoms with E-state index in [2.05, 4.69) is 43.6 Å². The second kappa shape index (κ2) is 11.5. The summed E-state index contributed by atoms with van der Waals surface area (Å²) in [5.41, 5.74) is 2.29. The van der Waals surface area contributed by atoms with Crippen molar-refractivity contribution in [2.45, 2.75) is 78.4 Å². The van der Waals surface area contributed by atoms with Crippen LogP contribution in [0, 0.1) is 20.8 Å². The number of hydrogen-bond acceptors (Lipinski definition) is 4. The molecule has 162 valence electrons. The number of aryl methyl sites for hydroxylation is 4. The lowest BCUT2D eigenvalue weighted by Crippen LogP contribution is -2.44. The maximum Gasteiger partial charge on any atom is 0.191 e. The quantitative estimate of drug-likeness (QED) is 0.257. The molecule has 9 heteroatoms. The summed E-state index contributed by atoms with van der Waals surface area (Å²) in [6.45, 7) is 8.39. The molecule has 0 bridgehead atoms. The van der Waals surface area contributed by atoms with Gasteiger partial charge in [-0.15, -0.1) is 34.2 Å². The lowest BCUT2D eigenvalue weighted by Gasteiger charge is -2.25. The predicted octanol–water partition coefficient (Wildman–Crippen LogP) is 3.01. The van der Waals surface area contributed by atoms with Crippen molar-refractivity contribution in [3.8, 4) is 0 Å². The fraction of sp³-hybridized carbons (Fsp3) is 0.700. The molecule has 0 atom stereocenters. The molecule has 1 aliphatic carbocycles. The molecule has 0 spiro atoms. The van der Waals surface area contributed by atoms with E-state index >= 15 is 0 Å². The van der Waals surface area contributed by atoms with Gasteiger partial charge in [-0.05, 0) is 46.1 Å². The van der Waals surface area contributed by atoms with Crippen molar-refractivity contribution in [1.82, 2.24) is 35.2 Å². The first-order valence-corrected chi connectivity index (χ1v) is 10.4. The van der Waals surface area contributed by atoms with Gasteiger partial charge in [0.1, 0.15) is 12.4 Å². The molecule has 3 rings (SSSR count). The highest BCUT2D eigenvalue weighted by Gasteiger charge is 2.15. The number of halogens is 1. The van der Waals surface area contributed by atoms with Crippen LogP contribution < -0.4 is 10.6 Å². The molecule has 0 aromatic carbocycles. The number of aromatic nitrogens is 5. The number of nitrogens with one attached hydrogen (secondary N) is 2. The van der Waals surface area contributed by atoms with Crippen LogP contribution >= 0.6 is 24.0 Å². The summed E-state index contributed by atoms with van der Waals surface area (Å²) in [6.07, 6.45) is 7.37. The molecule has 1 fully saturated rings. The molecular formula is C20H35IN8. The third-order valence-electron chi connectivity index (χ3n) is 5.45. The van der Waals surface area contributed by atoms with Crippen LogP contribution in [-0.4, -0.2) is 43.1 Å². The molecule has 1 saturated carbocycles. The summed E-state index contributed by atoms with van der Waals surface area (Å²) in [5, 5.41) is 20.0. The summed E-state index contributed by atoms with van der Waals surface area (Å²) in [5.74, 6) is 2.66. The van der Waals surface area contributed by atoms with E-state index in [-0.39, 0.29) is 24.0 Å². The zero-order chi connectivity index (χ0) is 19.9. The van der Waals surface area contributed by atoms with Crippen LogP contribution in [0.15, 0.2) is 11.1 Å². The van der Waals surface area contributed by atoms with Gasteiger partial charge in [-0.2, -0.15) is 5.10 Å². The molecule has 29 heavy (non-hydrogen) atoms. The largest absolute Gasteiger partial charge is 0.356 e. The molecule has 8 nitrogen and oxygen atoms in total. The maximum atomic E-state index is 4.78. The SMILES string of the molecule is Cc1cc(C)n(CCCNC(=NCc2nnc(C)n2C)NC2CCCCC2)n1.I. The highest BCUT2D eigenvalue weighted by molar-refractivity contribution is 14.0. The van der Waals surface area contributed by atoms with E-state index in [4.69, 9.17) is 4.99 Å². The van der Waals surface area contributed by atoms with Crippen molar-refractivity contribution in [2.75, 3.05) is 6.54 Å².